The van der Waals surface area contributed by atoms with Crippen molar-refractivity contribution in [3.63, 3.8) is 0 Å². The maximum atomic E-state index is 13.2. The smallest absolute Gasteiger partial charge is 0.356 e. The van der Waals surface area contributed by atoms with E-state index in [0.717, 1.165) is 59.3 Å². The van der Waals surface area contributed by atoms with Gasteiger partial charge in [0.2, 0.25) is 0 Å². The second-order valence-corrected chi connectivity index (χ2v) is 16.6. The summed E-state index contributed by atoms with van der Waals surface area (Å²) >= 11 is 0. The number of aromatic nitrogens is 2. The molecule has 0 spiro atoms. The van der Waals surface area contributed by atoms with Gasteiger partial charge in [-0.25, -0.2) is 14.3 Å². The quantitative estimate of drug-likeness (QED) is 0.0374. The molecule has 6 rings (SSSR count). The number of fused-ring (bicyclic) bond motifs is 1. The highest BCUT2D eigenvalue weighted by Crippen LogP contribution is 2.44. The Hall–Kier alpha value is -7.76. The lowest BCUT2D eigenvalue weighted by Gasteiger charge is -2.10. The summed E-state index contributed by atoms with van der Waals surface area (Å²) in [6, 6.07) is 13.5. The molecule has 62 heavy (non-hydrogen) atoms. The molecule has 0 unspecified atom stereocenters. The summed E-state index contributed by atoms with van der Waals surface area (Å²) in [5.74, 6) is -4.15. The maximum absolute atomic E-state index is 13.2. The second kappa shape index (κ2) is 16.4. The Kier molecular flexibility index (Phi) is 11.6. The maximum Gasteiger partial charge on any atom is 0.356 e. The number of aromatic carboxylic acids is 2. The molecule has 0 atom stereocenters. The summed E-state index contributed by atoms with van der Waals surface area (Å²) < 4.78 is 105. The number of carboxylic acids is 2. The molecule has 0 aliphatic heterocycles. The number of phenolic OH excluding ortho intramolecular Hbond substituents is 1. The van der Waals surface area contributed by atoms with Gasteiger partial charge in [-0.1, -0.05) is 0 Å². The lowest BCUT2D eigenvalue weighted by atomic mass is 10.1. The number of ether oxygens (including phenoxy) is 1. The number of nitrogens with two attached hydrogens (primary N) is 1. The van der Waals surface area contributed by atoms with Gasteiger partial charge in [-0.2, -0.15) is 30.4 Å². The average molecular weight is 912 g/mol. The van der Waals surface area contributed by atoms with Crippen LogP contribution in [0.3, 0.4) is 0 Å². The third-order valence-corrected chi connectivity index (χ3v) is 11.0. The van der Waals surface area contributed by atoms with Gasteiger partial charge in [-0.15, -0.1) is 25.6 Å². The summed E-state index contributed by atoms with van der Waals surface area (Å²) in [6.07, 6.45) is 0. The highest BCUT2D eigenvalue weighted by molar-refractivity contribution is 7.86. The van der Waals surface area contributed by atoms with E-state index >= 15 is 0 Å². The number of azo groups is 3. The average Bonchev–Trinajstić information content (AvgIpc) is 3.53. The topological polar surface area (TPSA) is 405 Å². The van der Waals surface area contributed by atoms with Crippen molar-refractivity contribution >= 4 is 92.9 Å². The molecule has 5 aromatic carbocycles. The van der Waals surface area contributed by atoms with Crippen LogP contribution >= 0.6 is 0 Å². The molecular weight excluding hydrogens is 887 g/mol. The van der Waals surface area contributed by atoms with Gasteiger partial charge >= 0.3 is 11.9 Å². The molecule has 0 amide bonds. The van der Waals surface area contributed by atoms with Crippen molar-refractivity contribution in [2.75, 3.05) is 12.8 Å². The number of rotatable bonds is 13. The zero-order chi connectivity index (χ0) is 45.5. The van der Waals surface area contributed by atoms with Crippen LogP contribution in [0.4, 0.5) is 39.8 Å². The number of H-pyrrole nitrogens is 1. The summed E-state index contributed by atoms with van der Waals surface area (Å²) in [4.78, 5) is 34.7. The molecule has 28 heteroatoms. The van der Waals surface area contributed by atoms with Crippen LogP contribution in [0.15, 0.2) is 129 Å². The van der Waals surface area contributed by atoms with Crippen molar-refractivity contribution in [3.05, 3.63) is 100 Å². The lowest BCUT2D eigenvalue weighted by Crippen LogP contribution is -2.14. The number of nitrogens with one attached hydrogen (secondary N) is 1. The largest absolute Gasteiger partial charge is 0.505 e. The van der Waals surface area contributed by atoms with Gasteiger partial charge in [0.25, 0.3) is 35.9 Å². The van der Waals surface area contributed by atoms with Crippen molar-refractivity contribution in [2.45, 2.75) is 14.7 Å². The predicted octanol–water partition coefficient (Wildman–Crippen LogP) is 6.00. The molecule has 0 saturated heterocycles. The van der Waals surface area contributed by atoms with Crippen LogP contribution in [0, 0.1) is 0 Å². The number of hydrogen-bond donors (Lipinski definition) is 8. The van der Waals surface area contributed by atoms with E-state index in [4.69, 9.17) is 10.5 Å². The zero-order valence-corrected chi connectivity index (χ0v) is 33.2. The molecule has 6 aromatic rings. The van der Waals surface area contributed by atoms with E-state index in [2.05, 4.69) is 35.8 Å². The molecule has 0 saturated carbocycles. The van der Waals surface area contributed by atoms with Gasteiger partial charge in [0.15, 0.2) is 17.1 Å². The number of carboxylic acid groups (broad SMARTS) is 2. The van der Waals surface area contributed by atoms with Crippen molar-refractivity contribution in [1.29, 1.82) is 0 Å². The second-order valence-electron chi connectivity index (χ2n) is 12.3. The first kappa shape index (κ1) is 43.8. The Morgan fingerprint density at radius 3 is 1.89 bits per heavy atom. The van der Waals surface area contributed by atoms with Gasteiger partial charge < -0.3 is 25.8 Å². The monoisotopic (exact) mass is 911 g/mol. The van der Waals surface area contributed by atoms with E-state index in [9.17, 15) is 68.6 Å². The van der Waals surface area contributed by atoms with Gasteiger partial charge in [0, 0.05) is 11.5 Å². The van der Waals surface area contributed by atoms with Crippen molar-refractivity contribution < 1.29 is 68.6 Å². The van der Waals surface area contributed by atoms with E-state index in [1.165, 1.54) is 25.3 Å². The first-order valence-corrected chi connectivity index (χ1v) is 20.8. The molecule has 0 radical (unpaired) electrons. The number of nitrogens with zero attached hydrogens (tertiary/aromatic N) is 7. The minimum absolute atomic E-state index is 0.0389. The molecule has 0 aliphatic carbocycles. The first-order valence-electron chi connectivity index (χ1n) is 16.5. The Labute approximate surface area is 346 Å². The summed E-state index contributed by atoms with van der Waals surface area (Å²) in [5, 5.41) is 55.7. The fourth-order valence-electron chi connectivity index (χ4n) is 5.47. The molecule has 320 valence electrons. The van der Waals surface area contributed by atoms with Crippen LogP contribution in [-0.2, 0) is 30.4 Å². The van der Waals surface area contributed by atoms with Crippen LogP contribution in [-0.4, -0.2) is 83.1 Å². The Morgan fingerprint density at radius 1 is 0.677 bits per heavy atom. The number of nitrogen functional groups attached to an aromatic ring is 1. The standard InChI is InChI=1S/C34H25N9O16S3/c1-59-26-14-24(38-37-23-9-7-19(61(53,54)55)12-21(23)33(46)47)22(35)13-25(26)39-40-28-27(62(56,57)58)11-15-10-16(2-8-20(15)31(28)44)36-41-29-30(34(48)49)42-43(32(29)45)17-3-5-18(6-4-17)60(50,51)52/h2-14,42,44H,35H2,1H3,(H,46,47)(H,48,49)(H,50,51,52)(H,53,54,55)(H,56,57,58). The third-order valence-electron chi connectivity index (χ3n) is 8.40. The zero-order valence-electron chi connectivity index (χ0n) is 30.7. The molecule has 0 aliphatic rings. The van der Waals surface area contributed by atoms with Crippen molar-refractivity contribution in [2.24, 2.45) is 30.7 Å². The van der Waals surface area contributed by atoms with Crippen LogP contribution in [0.25, 0.3) is 16.5 Å². The van der Waals surface area contributed by atoms with Gasteiger partial charge in [-0.05, 0) is 78.2 Å². The molecule has 0 bridgehead atoms. The summed E-state index contributed by atoms with van der Waals surface area (Å²) in [6.45, 7) is 0. The van der Waals surface area contributed by atoms with E-state index < -0.39 is 90.9 Å². The summed E-state index contributed by atoms with van der Waals surface area (Å²) in [5.41, 5.74) is 1.31. The van der Waals surface area contributed by atoms with Gasteiger partial charge in [0.1, 0.15) is 33.4 Å². The minimum atomic E-state index is -5.16. The SMILES string of the molecule is COc1cc(N=Nc2ccc(S(=O)(=O)O)cc2C(=O)O)c(N)cc1N=Nc1c(S(=O)(=O)O)cc2cc(N=Nc3c(C(=O)O)[nH]n(-c4ccc(S(=O)(=O)O)cc4)c3=O)ccc2c1O. The molecule has 1 heterocycles. The van der Waals surface area contributed by atoms with Crippen LogP contribution in [0.2, 0.25) is 0 Å². The van der Waals surface area contributed by atoms with Crippen LogP contribution < -0.4 is 16.0 Å². The fourth-order valence-corrected chi connectivity index (χ4v) is 7.11. The van der Waals surface area contributed by atoms with Crippen molar-refractivity contribution in [3.8, 4) is 17.2 Å². The highest BCUT2D eigenvalue weighted by Gasteiger charge is 2.24. The Morgan fingerprint density at radius 2 is 1.29 bits per heavy atom. The van der Waals surface area contributed by atoms with E-state index in [-0.39, 0.29) is 50.6 Å². The molecule has 1 aromatic heterocycles. The minimum Gasteiger partial charge on any atom is -0.505 e. The first-order chi connectivity index (χ1) is 29.0. The third kappa shape index (κ3) is 9.03. The van der Waals surface area contributed by atoms with E-state index in [0.29, 0.717) is 6.07 Å². The predicted molar refractivity (Wildman–Crippen MR) is 212 cm³/mol. The number of hydrogen-bond acceptors (Lipinski definition) is 18. The van der Waals surface area contributed by atoms with E-state index in [1.54, 1.807) is 0 Å². The molecular formula is C34H25N9O16S3. The number of aromatic amines is 1. The summed E-state index contributed by atoms with van der Waals surface area (Å²) in [7, 11) is -13.3. The van der Waals surface area contributed by atoms with Crippen molar-refractivity contribution in [1.82, 2.24) is 9.78 Å². The van der Waals surface area contributed by atoms with Gasteiger partial charge in [0.05, 0.1) is 39.5 Å². The number of phenols is 1. The van der Waals surface area contributed by atoms with Crippen LogP contribution in [0.1, 0.15) is 20.8 Å². The Bertz CT molecular complexity index is 3360. The fraction of sp³-hybridized carbons (Fsp3) is 0.0294. The number of benzene rings is 5. The lowest BCUT2D eigenvalue weighted by molar-refractivity contribution is 0.0682. The molecule has 0 fully saturated rings. The number of aromatic hydroxyl groups is 1. The molecule has 25 nitrogen and oxygen atoms in total. The van der Waals surface area contributed by atoms with Crippen LogP contribution in [0.5, 0.6) is 11.5 Å². The Balaban J connectivity index is 1.34. The number of methoxy groups -OCH3 is 1. The highest BCUT2D eigenvalue weighted by atomic mass is 32.2. The van der Waals surface area contributed by atoms with Gasteiger partial charge in [-0.3, -0.25) is 23.6 Å². The van der Waals surface area contributed by atoms with E-state index in [1.807, 2.05) is 0 Å². The normalized spacial score (nSPS) is 12.5. The number of anilines is 1. The molecule has 9 N–H and O–H groups in total. The number of carbonyl (C=O) groups is 2.